The number of hydrogen-bond acceptors (Lipinski definition) is 0. The van der Waals surface area contributed by atoms with E-state index in [-0.39, 0.29) is 0 Å². The van der Waals surface area contributed by atoms with Crippen LogP contribution in [0.3, 0.4) is 0 Å². The molecule has 0 radical (unpaired) electrons. The van der Waals surface area contributed by atoms with Gasteiger partial charge in [-0.3, -0.25) is 0 Å². The topological polar surface area (TPSA) is 0 Å². The Bertz CT molecular complexity index is 1120. The first-order valence-electron chi connectivity index (χ1n) is 10.3. The molecule has 0 aliphatic carbocycles. The van der Waals surface area contributed by atoms with Crippen molar-refractivity contribution in [2.75, 3.05) is 0 Å². The molecule has 0 nitrogen and oxygen atoms in total. The van der Waals surface area contributed by atoms with Gasteiger partial charge in [0.15, 0.2) is 0 Å². The predicted octanol–water partition coefficient (Wildman–Crippen LogP) is 8.30. The van der Waals surface area contributed by atoms with Crippen LogP contribution >= 0.6 is 0 Å². The molecule has 0 amide bonds. The Morgan fingerprint density at radius 2 is 1.26 bits per heavy atom. The van der Waals surface area contributed by atoms with Crippen molar-refractivity contribution in [2.45, 2.75) is 46.0 Å². The van der Waals surface area contributed by atoms with E-state index in [0.29, 0.717) is 0 Å². The molecule has 0 aliphatic rings. The van der Waals surface area contributed by atoms with Crippen LogP contribution in [0.1, 0.15) is 50.7 Å². The molecule has 136 valence electrons. The molecule has 0 saturated heterocycles. The molecule has 4 rings (SSSR count). The third-order valence-corrected chi connectivity index (χ3v) is 5.52. The molecule has 0 aromatic heterocycles. The van der Waals surface area contributed by atoms with E-state index in [1.165, 1.54) is 75.5 Å². The van der Waals surface area contributed by atoms with Crippen molar-refractivity contribution >= 4 is 38.4 Å². The minimum atomic E-state index is 1.19. The molecule has 4 aromatic rings. The lowest BCUT2D eigenvalue weighted by Gasteiger charge is -2.08. The van der Waals surface area contributed by atoms with Crippen LogP contribution in [-0.4, -0.2) is 0 Å². The summed E-state index contributed by atoms with van der Waals surface area (Å²) in [5, 5.41) is 7.97. The Labute approximate surface area is 162 Å². The van der Waals surface area contributed by atoms with Crippen molar-refractivity contribution in [3.8, 4) is 0 Å². The summed E-state index contributed by atoms with van der Waals surface area (Å²) in [6.45, 7) is 4.33. The van der Waals surface area contributed by atoms with Crippen LogP contribution in [0.15, 0.2) is 66.7 Å². The van der Waals surface area contributed by atoms with Gasteiger partial charge in [-0.25, -0.2) is 0 Å². The number of hydrogen-bond donors (Lipinski definition) is 0. The minimum absolute atomic E-state index is 1.19. The summed E-state index contributed by atoms with van der Waals surface area (Å²) in [7, 11) is 0. The molecule has 0 atom stereocenters. The molecule has 0 saturated carbocycles. The number of unbranched alkanes of at least 4 members (excludes halogenated alkanes) is 3. The largest absolute Gasteiger partial charge is 0.0871 e. The fourth-order valence-corrected chi connectivity index (χ4v) is 4.02. The molecule has 0 fully saturated rings. The summed E-state index contributed by atoms with van der Waals surface area (Å²) >= 11 is 0. The van der Waals surface area contributed by atoms with Crippen LogP contribution in [0, 0.1) is 0 Å². The second-order valence-electron chi connectivity index (χ2n) is 7.65. The first-order valence-corrected chi connectivity index (χ1v) is 10.3. The standard InChI is InChI=1S/C27H28/c1-3-5-6-7-9-21-11-13-23-17-26-18-24-14-20(8-4-2)10-12-22(24)16-27(26)19-25(23)15-21/h4,8,10-19H,3,5-7,9H2,1-2H3/b8-4+. The third-order valence-electron chi connectivity index (χ3n) is 5.52. The van der Waals surface area contributed by atoms with Gasteiger partial charge in [0.05, 0.1) is 0 Å². The smallest absolute Gasteiger partial charge is 0.0171 e. The zero-order chi connectivity index (χ0) is 18.6. The summed E-state index contributed by atoms with van der Waals surface area (Å²) in [5.74, 6) is 0. The SMILES string of the molecule is C/C=C/c1ccc2cc3cc4cc(CCCCCC)ccc4cc3cc2c1. The quantitative estimate of drug-likeness (QED) is 0.242. The van der Waals surface area contributed by atoms with Gasteiger partial charge in [0.1, 0.15) is 0 Å². The van der Waals surface area contributed by atoms with Gasteiger partial charge in [0.2, 0.25) is 0 Å². The van der Waals surface area contributed by atoms with Crippen LogP contribution in [-0.2, 0) is 6.42 Å². The first-order chi connectivity index (χ1) is 13.3. The van der Waals surface area contributed by atoms with E-state index in [1.54, 1.807) is 0 Å². The minimum Gasteiger partial charge on any atom is -0.0871 e. The Kier molecular flexibility index (Phi) is 5.25. The van der Waals surface area contributed by atoms with E-state index >= 15 is 0 Å². The van der Waals surface area contributed by atoms with Crippen molar-refractivity contribution < 1.29 is 0 Å². The highest BCUT2D eigenvalue weighted by Crippen LogP contribution is 2.29. The average molecular weight is 353 g/mol. The van der Waals surface area contributed by atoms with E-state index in [2.05, 4.69) is 86.7 Å². The maximum atomic E-state index is 2.39. The number of rotatable bonds is 6. The second kappa shape index (κ2) is 7.96. The Morgan fingerprint density at radius 1 is 0.630 bits per heavy atom. The number of aryl methyl sites for hydroxylation is 1. The highest BCUT2D eigenvalue weighted by atomic mass is 14.1. The fourth-order valence-electron chi connectivity index (χ4n) is 4.02. The van der Waals surface area contributed by atoms with Crippen LogP contribution < -0.4 is 0 Å². The van der Waals surface area contributed by atoms with Gasteiger partial charge < -0.3 is 0 Å². The second-order valence-corrected chi connectivity index (χ2v) is 7.65. The molecule has 0 spiro atoms. The Balaban J connectivity index is 1.72. The summed E-state index contributed by atoms with van der Waals surface area (Å²) in [4.78, 5) is 0. The monoisotopic (exact) mass is 352 g/mol. The van der Waals surface area contributed by atoms with Crippen molar-refractivity contribution in [2.24, 2.45) is 0 Å². The highest BCUT2D eigenvalue weighted by molar-refractivity contribution is 6.05. The lowest BCUT2D eigenvalue weighted by atomic mass is 9.96. The number of fused-ring (bicyclic) bond motifs is 3. The zero-order valence-electron chi connectivity index (χ0n) is 16.5. The fraction of sp³-hybridized carbons (Fsp3) is 0.259. The van der Waals surface area contributed by atoms with Crippen LogP contribution in [0.2, 0.25) is 0 Å². The molecule has 0 unspecified atom stereocenters. The number of allylic oxidation sites excluding steroid dienone is 1. The molecule has 0 heterocycles. The van der Waals surface area contributed by atoms with Gasteiger partial charge in [0.25, 0.3) is 0 Å². The molecule has 0 bridgehead atoms. The molecule has 4 aromatic carbocycles. The van der Waals surface area contributed by atoms with Crippen molar-refractivity contribution in [1.29, 1.82) is 0 Å². The van der Waals surface area contributed by atoms with Crippen LogP contribution in [0.4, 0.5) is 0 Å². The predicted molar refractivity (Wildman–Crippen MR) is 122 cm³/mol. The molecular formula is C27H28. The van der Waals surface area contributed by atoms with Gasteiger partial charge in [-0.05, 0) is 93.5 Å². The maximum Gasteiger partial charge on any atom is -0.0171 e. The molecular weight excluding hydrogens is 324 g/mol. The van der Waals surface area contributed by atoms with E-state index < -0.39 is 0 Å². The normalized spacial score (nSPS) is 11.9. The van der Waals surface area contributed by atoms with Gasteiger partial charge in [-0.1, -0.05) is 68.7 Å². The summed E-state index contributed by atoms with van der Waals surface area (Å²) in [6.07, 6.45) is 10.7. The number of benzene rings is 4. The zero-order valence-corrected chi connectivity index (χ0v) is 16.5. The van der Waals surface area contributed by atoms with Gasteiger partial charge in [0, 0.05) is 0 Å². The van der Waals surface area contributed by atoms with Crippen LogP contribution in [0.5, 0.6) is 0 Å². The van der Waals surface area contributed by atoms with E-state index in [4.69, 9.17) is 0 Å². The van der Waals surface area contributed by atoms with Crippen molar-refractivity contribution in [1.82, 2.24) is 0 Å². The van der Waals surface area contributed by atoms with Crippen LogP contribution in [0.25, 0.3) is 38.4 Å². The average Bonchev–Trinajstić information content (AvgIpc) is 2.68. The Morgan fingerprint density at radius 3 is 1.96 bits per heavy atom. The van der Waals surface area contributed by atoms with E-state index in [1.807, 2.05) is 0 Å². The Hall–Kier alpha value is -2.60. The molecule has 0 N–H and O–H groups in total. The van der Waals surface area contributed by atoms with Gasteiger partial charge in [-0.2, -0.15) is 0 Å². The van der Waals surface area contributed by atoms with E-state index in [0.717, 1.165) is 0 Å². The lowest BCUT2D eigenvalue weighted by molar-refractivity contribution is 0.667. The van der Waals surface area contributed by atoms with E-state index in [9.17, 15) is 0 Å². The summed E-state index contributed by atoms with van der Waals surface area (Å²) < 4.78 is 0. The lowest BCUT2D eigenvalue weighted by Crippen LogP contribution is -1.87. The van der Waals surface area contributed by atoms with Crippen molar-refractivity contribution in [3.63, 3.8) is 0 Å². The first kappa shape index (κ1) is 17.8. The summed E-state index contributed by atoms with van der Waals surface area (Å²) in [5.41, 5.74) is 2.73. The maximum absolute atomic E-state index is 2.39. The molecule has 27 heavy (non-hydrogen) atoms. The molecule has 0 heteroatoms. The third kappa shape index (κ3) is 3.90. The highest BCUT2D eigenvalue weighted by Gasteiger charge is 2.03. The molecule has 0 aliphatic heterocycles. The van der Waals surface area contributed by atoms with Gasteiger partial charge >= 0.3 is 0 Å². The van der Waals surface area contributed by atoms with Gasteiger partial charge in [-0.15, -0.1) is 0 Å². The summed E-state index contributed by atoms with van der Waals surface area (Å²) in [6, 6.07) is 23.1. The van der Waals surface area contributed by atoms with Crippen molar-refractivity contribution in [3.05, 3.63) is 77.9 Å².